The van der Waals surface area contributed by atoms with Gasteiger partial charge in [0.05, 0.1) is 19.3 Å². The zero-order valence-corrected chi connectivity index (χ0v) is 26.8. The van der Waals surface area contributed by atoms with Crippen LogP contribution < -0.4 is 18.9 Å². The van der Waals surface area contributed by atoms with Crippen LogP contribution in [0, 0.1) is 11.8 Å². The van der Waals surface area contributed by atoms with Crippen molar-refractivity contribution in [3.63, 3.8) is 0 Å². The van der Waals surface area contributed by atoms with Gasteiger partial charge in [0.1, 0.15) is 23.0 Å². The van der Waals surface area contributed by atoms with Gasteiger partial charge in [0.2, 0.25) is 0 Å². The minimum absolute atomic E-state index is 0. The van der Waals surface area contributed by atoms with E-state index in [2.05, 4.69) is 4.74 Å². The molecule has 0 radical (unpaired) electrons. The van der Waals surface area contributed by atoms with Gasteiger partial charge < -0.3 is 55.0 Å². The summed E-state index contributed by atoms with van der Waals surface area (Å²) in [6.45, 7) is 13.4. The first-order chi connectivity index (χ1) is 18.4. The Morgan fingerprint density at radius 2 is 1.14 bits per heavy atom. The summed E-state index contributed by atoms with van der Waals surface area (Å²) in [7, 11) is 1.27. The van der Waals surface area contributed by atoms with Crippen molar-refractivity contribution in [3.05, 3.63) is 0 Å². The van der Waals surface area contributed by atoms with Crippen molar-refractivity contribution in [2.24, 2.45) is 11.8 Å². The van der Waals surface area contributed by atoms with Crippen molar-refractivity contribution >= 4 is 24.1 Å². The second-order valence-electron chi connectivity index (χ2n) is 12.0. The summed E-state index contributed by atoms with van der Waals surface area (Å²) in [5, 5.41) is 28.1. The summed E-state index contributed by atoms with van der Waals surface area (Å²) in [5.74, 6) is -3.23. The van der Waals surface area contributed by atoms with Crippen LogP contribution in [-0.2, 0) is 28.5 Å². The predicted molar refractivity (Wildman–Crippen MR) is 149 cm³/mol. The number of nitrogens with zero attached hydrogens (tertiary/aromatic N) is 2. The zero-order valence-electron chi connectivity index (χ0n) is 26.8. The zero-order chi connectivity index (χ0) is 30.7. The van der Waals surface area contributed by atoms with Crippen LogP contribution in [0.1, 0.15) is 67.2 Å². The second kappa shape index (κ2) is 20.8. The number of esters is 1. The number of hydrogen-bond donors (Lipinski definition) is 3. The number of carboxylic acid groups (broad SMARTS) is 1. The van der Waals surface area contributed by atoms with Crippen molar-refractivity contribution in [2.45, 2.75) is 90.6 Å². The topological polar surface area (TPSA) is 234 Å². The standard InChI is InChI=1S/C12H21NO5.C11H19NO5.C4H8O.Li.2H2O/c1-12(2,3)18-11(16)13-6-5-9(14)8(7-13)10(15)17-4;1-11(2,3)17-10(16)12-5-4-8(13)7(6-12)9(14)15;1-2-4-5-3-1;;;/h8-9,14H,5-7H2,1-4H3;7-8,13H,4-6H2,1-3H3,(H,14,15);1-4H2;;2*1H2/q;;;+1;;/p-1. The SMILES string of the molecule is C1CCOC1.CC(C)(C)OC(=O)N1CCC(O)C(C(=O)O)C1.COC(=O)C1CN(C(=O)OC(C)(C)C)CCC1O.O.[Li+].[OH-]. The fraction of sp³-hybridized carbons (Fsp3) is 0.852. The van der Waals surface area contributed by atoms with Crippen LogP contribution in [0.15, 0.2) is 0 Å². The van der Waals surface area contributed by atoms with E-state index >= 15 is 0 Å². The number of aliphatic hydroxyl groups excluding tert-OH is 2. The van der Waals surface area contributed by atoms with Gasteiger partial charge in [0, 0.05) is 39.4 Å². The molecule has 3 heterocycles. The third-order valence-corrected chi connectivity index (χ3v) is 6.10. The van der Waals surface area contributed by atoms with Crippen LogP contribution >= 0.6 is 0 Å². The van der Waals surface area contributed by atoms with E-state index in [4.69, 9.17) is 19.3 Å². The first-order valence-electron chi connectivity index (χ1n) is 13.7. The van der Waals surface area contributed by atoms with Gasteiger partial charge in [-0.1, -0.05) is 0 Å². The van der Waals surface area contributed by atoms with Crippen molar-refractivity contribution in [3.8, 4) is 0 Å². The fourth-order valence-electron chi connectivity index (χ4n) is 4.00. The summed E-state index contributed by atoms with van der Waals surface area (Å²) in [5.41, 5.74) is -1.18. The van der Waals surface area contributed by atoms with Crippen LogP contribution in [0.5, 0.6) is 0 Å². The monoisotopic (exact) mass is 618 g/mol. The van der Waals surface area contributed by atoms with E-state index in [9.17, 15) is 29.4 Å². The number of methoxy groups -OCH3 is 1. The van der Waals surface area contributed by atoms with E-state index in [-0.39, 0.29) is 49.3 Å². The molecule has 43 heavy (non-hydrogen) atoms. The number of amides is 2. The maximum absolute atomic E-state index is 11.8. The molecule has 4 unspecified atom stereocenters. The molecule has 6 N–H and O–H groups in total. The molecular weight excluding hydrogens is 567 g/mol. The Morgan fingerprint density at radius 3 is 1.44 bits per heavy atom. The molecule has 3 aliphatic rings. The number of carbonyl (C=O) groups is 4. The third-order valence-electron chi connectivity index (χ3n) is 6.10. The Balaban J connectivity index is -0.000000602. The van der Waals surface area contributed by atoms with Gasteiger partial charge in [-0.25, -0.2) is 9.59 Å². The molecule has 0 aromatic heterocycles. The van der Waals surface area contributed by atoms with Crippen LogP contribution in [0.4, 0.5) is 9.59 Å². The van der Waals surface area contributed by atoms with Gasteiger partial charge in [-0.2, -0.15) is 0 Å². The first kappa shape index (κ1) is 45.3. The molecule has 0 saturated carbocycles. The Labute approximate surface area is 265 Å². The van der Waals surface area contributed by atoms with E-state index in [0.717, 1.165) is 13.2 Å². The number of likely N-dealkylation sites (tertiary alicyclic amines) is 2. The molecule has 0 aromatic rings. The van der Waals surface area contributed by atoms with Gasteiger partial charge in [-0.15, -0.1) is 0 Å². The van der Waals surface area contributed by atoms with Gasteiger partial charge in [0.25, 0.3) is 0 Å². The smallest absolute Gasteiger partial charge is 0.870 e. The van der Waals surface area contributed by atoms with E-state index in [1.807, 2.05) is 0 Å². The molecule has 248 valence electrons. The van der Waals surface area contributed by atoms with E-state index < -0.39 is 59.4 Å². The van der Waals surface area contributed by atoms with Crippen molar-refractivity contribution < 1.29 is 83.3 Å². The number of aliphatic carboxylic acids is 1. The van der Waals surface area contributed by atoms with E-state index in [0.29, 0.717) is 19.5 Å². The van der Waals surface area contributed by atoms with Crippen LogP contribution in [0.3, 0.4) is 0 Å². The Bertz CT molecular complexity index is 836. The number of aliphatic hydroxyl groups is 2. The predicted octanol–water partition coefficient (Wildman–Crippen LogP) is -1.73. The Hall–Kier alpha value is -2.12. The summed E-state index contributed by atoms with van der Waals surface area (Å²) < 4.78 is 19.9. The molecule has 3 aliphatic heterocycles. The maximum atomic E-state index is 11.8. The fourth-order valence-corrected chi connectivity index (χ4v) is 4.00. The molecule has 3 rings (SSSR count). The quantitative estimate of drug-likeness (QED) is 0.178. The van der Waals surface area contributed by atoms with Gasteiger partial charge in [-0.3, -0.25) is 9.59 Å². The number of rotatable bonds is 2. The average Bonchev–Trinajstić information content (AvgIpc) is 3.42. The van der Waals surface area contributed by atoms with Crippen LogP contribution in [-0.4, -0.2) is 130 Å². The molecule has 0 bridgehead atoms. The molecule has 3 fully saturated rings. The number of ether oxygens (including phenoxy) is 4. The number of carboxylic acids is 1. The molecule has 16 heteroatoms. The largest absolute Gasteiger partial charge is 1.00 e. The van der Waals surface area contributed by atoms with Crippen LogP contribution in [0.2, 0.25) is 0 Å². The van der Waals surface area contributed by atoms with E-state index in [1.54, 1.807) is 41.5 Å². The summed E-state index contributed by atoms with van der Waals surface area (Å²) >= 11 is 0. The van der Waals surface area contributed by atoms with Crippen LogP contribution in [0.25, 0.3) is 0 Å². The van der Waals surface area contributed by atoms with Crippen molar-refractivity contribution in [1.29, 1.82) is 0 Å². The normalized spacial score (nSPS) is 23.2. The third kappa shape index (κ3) is 17.7. The first-order valence-corrected chi connectivity index (χ1v) is 13.7. The summed E-state index contributed by atoms with van der Waals surface area (Å²) in [4.78, 5) is 48.7. The maximum Gasteiger partial charge on any atom is 1.00 e. The average molecular weight is 619 g/mol. The van der Waals surface area contributed by atoms with E-state index in [1.165, 1.54) is 29.8 Å². The van der Waals surface area contributed by atoms with Gasteiger partial charge >= 0.3 is 43.0 Å². The Kier molecular flexibility index (Phi) is 21.9. The number of piperidine rings is 2. The number of hydrogen-bond acceptors (Lipinski definition) is 11. The Morgan fingerprint density at radius 1 is 0.767 bits per heavy atom. The number of carbonyl (C=O) groups excluding carboxylic acids is 3. The molecule has 0 aliphatic carbocycles. The van der Waals surface area contributed by atoms with Crippen molar-refractivity contribution in [1.82, 2.24) is 9.80 Å². The molecule has 0 spiro atoms. The molecule has 15 nitrogen and oxygen atoms in total. The molecule has 4 atom stereocenters. The molecule has 0 aromatic carbocycles. The van der Waals surface area contributed by atoms with Gasteiger partial charge in [0.15, 0.2) is 0 Å². The summed E-state index contributed by atoms with van der Waals surface area (Å²) in [6.07, 6.45) is 0.496. The minimum Gasteiger partial charge on any atom is -0.870 e. The molecule has 3 saturated heterocycles. The second-order valence-corrected chi connectivity index (χ2v) is 12.0. The van der Waals surface area contributed by atoms with Crippen molar-refractivity contribution in [2.75, 3.05) is 46.5 Å². The van der Waals surface area contributed by atoms with Gasteiger partial charge in [-0.05, 0) is 67.2 Å². The molecular formula is C27H51LiN2O13. The molecule has 2 amide bonds. The minimum atomic E-state index is -1.09. The summed E-state index contributed by atoms with van der Waals surface area (Å²) in [6, 6.07) is 0.